The van der Waals surface area contributed by atoms with E-state index in [2.05, 4.69) is 364 Å². The maximum absolute atomic E-state index is 7.24. The van der Waals surface area contributed by atoms with E-state index < -0.39 is 17.4 Å². The van der Waals surface area contributed by atoms with E-state index in [-0.39, 0.29) is 128 Å². The molecule has 0 amide bonds. The molecule has 3 saturated carbocycles. The Labute approximate surface area is 881 Å². The molecule has 3 heterocycles. The Morgan fingerprint density at radius 3 is 0.397 bits per heavy atom. The second-order valence-electron chi connectivity index (χ2n) is 57.2. The maximum Gasteiger partial charge on any atom is 0.245 e. The highest BCUT2D eigenvalue weighted by Crippen LogP contribution is 2.57. The van der Waals surface area contributed by atoms with Crippen molar-refractivity contribution in [3.05, 3.63) is 173 Å². The minimum absolute atomic E-state index is 0.0237. The summed E-state index contributed by atoms with van der Waals surface area (Å²) in [6.07, 6.45) is 23.3. The molecule has 3 aliphatic heterocycles. The molecule has 792 valence electrons. The summed E-state index contributed by atoms with van der Waals surface area (Å²) in [4.78, 5) is 0. The van der Waals surface area contributed by atoms with Gasteiger partial charge in [0.05, 0.1) is 0 Å². The van der Waals surface area contributed by atoms with Crippen LogP contribution in [0.2, 0.25) is 0 Å². The highest BCUT2D eigenvalue weighted by molar-refractivity contribution is 8.18. The molecular formula is C129H204O6S6. The van der Waals surface area contributed by atoms with Gasteiger partial charge in [0.1, 0.15) is 34.5 Å². The van der Waals surface area contributed by atoms with E-state index in [0.717, 1.165) is 69.0 Å². The zero-order valence-corrected chi connectivity index (χ0v) is 103. The molecule has 3 aliphatic carbocycles. The van der Waals surface area contributed by atoms with Gasteiger partial charge < -0.3 is 28.4 Å². The fourth-order valence-electron chi connectivity index (χ4n) is 21.4. The van der Waals surface area contributed by atoms with Gasteiger partial charge in [-0.15, -0.1) is 0 Å². The quantitative estimate of drug-likeness (QED) is 0.141. The van der Waals surface area contributed by atoms with Gasteiger partial charge in [-0.2, -0.15) is 62.9 Å². The third-order valence-corrected chi connectivity index (χ3v) is 43.3. The van der Waals surface area contributed by atoms with Crippen LogP contribution in [0.5, 0.6) is 34.5 Å². The van der Waals surface area contributed by atoms with E-state index >= 15 is 0 Å². The Hall–Kier alpha value is -4.56. The summed E-state index contributed by atoms with van der Waals surface area (Å²) in [5.74, 6) is 39.0. The fourth-order valence-corrected chi connectivity index (χ4v) is 35.5. The van der Waals surface area contributed by atoms with Gasteiger partial charge in [0, 0.05) is 174 Å². The summed E-state index contributed by atoms with van der Waals surface area (Å²) in [5.41, 5.74) is 23.0. The van der Waals surface area contributed by atoms with Crippen LogP contribution in [0.3, 0.4) is 0 Å². The molecule has 0 saturated heterocycles. The summed E-state index contributed by atoms with van der Waals surface area (Å²) in [5, 5.41) is 3.37. The van der Waals surface area contributed by atoms with E-state index in [0.29, 0.717) is 31.5 Å². The zero-order chi connectivity index (χ0) is 106. The van der Waals surface area contributed by atoms with Crippen molar-refractivity contribution in [2.75, 3.05) is 0 Å². The molecule has 6 aromatic rings. The van der Waals surface area contributed by atoms with Gasteiger partial charge in [0.25, 0.3) is 0 Å². The molecule has 0 radical (unpaired) electrons. The Kier molecular flexibility index (Phi) is 37.1. The predicted octanol–water partition coefficient (Wildman–Crippen LogP) is 37.7. The molecule has 0 aromatic heterocycles. The molecule has 0 spiro atoms. The van der Waals surface area contributed by atoms with E-state index in [4.69, 9.17) is 63.6 Å². The minimum Gasteiger partial charge on any atom is -0.452 e. The number of benzene rings is 6. The van der Waals surface area contributed by atoms with Gasteiger partial charge in [-0.05, 0) is 137 Å². The monoisotopic (exact) mass is 2040 g/mol. The van der Waals surface area contributed by atoms with Gasteiger partial charge in [-0.25, -0.2) is 0 Å². The highest BCUT2D eigenvalue weighted by atomic mass is 32.2. The average Bonchev–Trinajstić information content (AvgIpc) is 1.75. The highest BCUT2D eigenvalue weighted by Gasteiger charge is 2.44. The zero-order valence-electron chi connectivity index (χ0n) is 98.0. The van der Waals surface area contributed by atoms with Gasteiger partial charge >= 0.3 is 0 Å². The second-order valence-corrected chi connectivity index (χ2v) is 69.0. The first-order chi connectivity index (χ1) is 64.1. The lowest BCUT2D eigenvalue weighted by atomic mass is 9.79. The summed E-state index contributed by atoms with van der Waals surface area (Å²) < 4.78 is 43.4. The lowest BCUT2D eigenvalue weighted by molar-refractivity contribution is -0.0842. The van der Waals surface area contributed by atoms with Crippen molar-refractivity contribution in [2.24, 2.45) is 0 Å². The summed E-state index contributed by atoms with van der Waals surface area (Å²) in [6.45, 7) is 96.3. The molecule has 12 heteroatoms. The lowest BCUT2D eigenvalue weighted by Gasteiger charge is -2.36. The molecule has 6 aliphatic rings. The molecule has 6 nitrogen and oxygen atoms in total. The van der Waals surface area contributed by atoms with Crippen LogP contribution in [0.25, 0.3) is 0 Å². The summed E-state index contributed by atoms with van der Waals surface area (Å²) in [6, 6.07) is 29.1. The Morgan fingerprint density at radius 1 is 0.184 bits per heavy atom. The van der Waals surface area contributed by atoms with Crippen LogP contribution in [-0.4, -0.2) is 84.1 Å². The third kappa shape index (κ3) is 30.7. The molecule has 3 fully saturated rings. The summed E-state index contributed by atoms with van der Waals surface area (Å²) >= 11 is 0. The second kappa shape index (κ2) is 44.2. The van der Waals surface area contributed by atoms with E-state index in [1.165, 1.54) is 216 Å². The van der Waals surface area contributed by atoms with Gasteiger partial charge in [-0.3, -0.25) is 0 Å². The minimum atomic E-state index is -0.897. The Bertz CT molecular complexity index is 4660. The normalized spacial score (nSPS) is 24.8. The van der Waals surface area contributed by atoms with Crippen LogP contribution in [0.15, 0.2) is 72.8 Å². The van der Waals surface area contributed by atoms with Crippen LogP contribution in [0.1, 0.15) is 507 Å². The Balaban J connectivity index is 0.000000218. The van der Waals surface area contributed by atoms with E-state index in [1.54, 1.807) is 0 Å². The van der Waals surface area contributed by atoms with Gasteiger partial charge in [0.15, 0.2) is 0 Å². The number of hydrogen-bond acceptors (Lipinski definition) is 6. The molecule has 6 aromatic carbocycles. The van der Waals surface area contributed by atoms with Crippen molar-refractivity contribution >= 4 is 98.1 Å². The molecule has 12 atom stereocenters. The largest absolute Gasteiger partial charge is 0.452 e. The lowest BCUT2D eigenvalue weighted by Crippen LogP contribution is -2.38. The molecule has 141 heavy (non-hydrogen) atoms. The van der Waals surface area contributed by atoms with Crippen LogP contribution in [0, 0.1) is 0 Å². The van der Waals surface area contributed by atoms with Crippen LogP contribution >= 0.6 is 62.9 Å². The molecular weight excluding hydrogens is 1840 g/mol. The van der Waals surface area contributed by atoms with Crippen molar-refractivity contribution < 1.29 is 28.4 Å². The first-order valence-electron chi connectivity index (χ1n) is 54.3. The molecule has 12 rings (SSSR count). The number of hydrogen-bond donors (Lipinski definition) is 0. The number of fused-ring (bicyclic) bond motifs is 9. The predicted molar refractivity (Wildman–Crippen MR) is 645 cm³/mol. The molecule has 0 bridgehead atoms. The van der Waals surface area contributed by atoms with E-state index in [9.17, 15) is 0 Å². The smallest absolute Gasteiger partial charge is 0.245 e. The molecule has 12 unspecified atom stereocenters. The Morgan fingerprint density at radius 2 is 0.298 bits per heavy atom. The van der Waals surface area contributed by atoms with Crippen LogP contribution < -0.4 is 28.4 Å². The van der Waals surface area contributed by atoms with Crippen molar-refractivity contribution in [1.82, 2.24) is 0 Å². The van der Waals surface area contributed by atoms with Crippen molar-refractivity contribution in [2.45, 2.75) is 555 Å². The van der Waals surface area contributed by atoms with Crippen molar-refractivity contribution in [3.8, 4) is 34.5 Å². The first kappa shape index (κ1) is 118. The number of rotatable bonds is 0. The first-order valence-corrected chi connectivity index (χ1v) is 64.1. The topological polar surface area (TPSA) is 55.4 Å². The van der Waals surface area contributed by atoms with Gasteiger partial charge in [-0.1, -0.05) is 434 Å². The van der Waals surface area contributed by atoms with Crippen molar-refractivity contribution in [3.63, 3.8) is 0 Å². The van der Waals surface area contributed by atoms with E-state index in [1.807, 2.05) is 0 Å². The fraction of sp³-hybridized carbons (Fsp3) is 0.674. The molecule has 0 N–H and O–H groups in total. The van der Waals surface area contributed by atoms with Crippen molar-refractivity contribution in [1.29, 1.82) is 0 Å². The van der Waals surface area contributed by atoms with Gasteiger partial charge in [0.2, 0.25) is 17.4 Å². The summed E-state index contributed by atoms with van der Waals surface area (Å²) in [7, 11) is -0.405. The third-order valence-electron chi connectivity index (χ3n) is 30.2. The number of ether oxygens (including phenoxy) is 6. The maximum atomic E-state index is 7.24. The average molecular weight is 2040 g/mol. The SMILES string of the molecule is C=S1Cc2cc(C(C)(C)C)cc(C(C)(C)C)c2OC(C)(C)Oc2c(cc(C(C)(C)C)cc2C(C)(C)C)CS(=C)C2CCCCCCC21.C=S1Cc2cc(C(C)(C)C)cc(C(C)(C)C)c2OC(C)(C)Oc2c(cc(C(C)(C)C)cc2C(C)(C)C)CS(=C)C2CCCCCCC21.C=S1Cc2cc(C(C)(C)C)cc(C(C)(C)C)c2OC(C)(C)Oc2c(cc(C(C)(C)C)cc2C(C)(C)C)CS(=C)C2CCCCCCC21. The van der Waals surface area contributed by atoms with Crippen LogP contribution in [-0.2, 0) is 99.5 Å². The standard InChI is InChI=1S/3C43H68O2S2/c3*1-39(2,3)31-23-29-27-46(15)35-21-19-17-18-20-22-36(35)47(16)28-30-24-32(40(4,5)6)26-34(42(10,11)12)38(30)45-43(13,14)44-37(29)33(25-31)41(7,8)9/h3*23-26,35-36H,15-22,27-28H2,1-14H3. The van der Waals surface area contributed by atoms with Crippen LogP contribution in [0.4, 0.5) is 0 Å².